The number of ether oxygens (including phenoxy) is 1. The third kappa shape index (κ3) is 5.40. The second-order valence-corrected chi connectivity index (χ2v) is 5.22. The van der Waals surface area contributed by atoms with Gasteiger partial charge >= 0.3 is 6.09 Å². The number of amides is 1. The maximum atomic E-state index is 11.6. The van der Waals surface area contributed by atoms with Gasteiger partial charge in [-0.25, -0.2) is 4.79 Å². The summed E-state index contributed by atoms with van der Waals surface area (Å²) in [7, 11) is 0. The number of non-ortho nitro benzene ring substituents is 1. The first-order chi connectivity index (χ1) is 11.6. The smallest absolute Gasteiger partial charge is 0.407 e. The van der Waals surface area contributed by atoms with Crippen molar-refractivity contribution in [3.63, 3.8) is 0 Å². The molecule has 0 radical (unpaired) electrons. The Morgan fingerprint density at radius 1 is 1.25 bits per heavy atom. The van der Waals surface area contributed by atoms with Crippen molar-refractivity contribution < 1.29 is 14.5 Å². The van der Waals surface area contributed by atoms with Crippen LogP contribution in [0, 0.1) is 10.1 Å². The summed E-state index contributed by atoms with van der Waals surface area (Å²) in [6.45, 7) is 0.403. The largest absolute Gasteiger partial charge is 0.445 e. The standard InChI is InChI=1S/C17H15ClN2O4/c18-16-9-8-15(20(22)23)11-14(16)7-4-10-19-17(21)24-12-13-5-2-1-3-6-13/h1-9,11H,10,12H2,(H,19,21). The molecule has 0 atom stereocenters. The summed E-state index contributed by atoms with van der Waals surface area (Å²) in [6, 6.07) is 13.5. The van der Waals surface area contributed by atoms with Crippen LogP contribution in [0.15, 0.2) is 54.6 Å². The number of halogens is 1. The van der Waals surface area contributed by atoms with Crippen molar-refractivity contribution in [2.45, 2.75) is 6.61 Å². The van der Waals surface area contributed by atoms with Crippen LogP contribution in [0.3, 0.4) is 0 Å². The SMILES string of the molecule is O=C(NCC=Cc1cc([N+](=O)[O-])ccc1Cl)OCc1ccccc1. The van der Waals surface area contributed by atoms with Gasteiger partial charge in [0.15, 0.2) is 0 Å². The Morgan fingerprint density at radius 2 is 2.00 bits per heavy atom. The maximum Gasteiger partial charge on any atom is 0.407 e. The minimum absolute atomic E-state index is 0.0470. The summed E-state index contributed by atoms with van der Waals surface area (Å²) in [5.74, 6) is 0. The van der Waals surface area contributed by atoms with Crippen LogP contribution >= 0.6 is 11.6 Å². The first-order valence-corrected chi connectivity index (χ1v) is 7.49. The Hall–Kier alpha value is -2.86. The predicted octanol–water partition coefficient (Wildman–Crippen LogP) is 4.19. The number of nitro benzene ring substituents is 1. The van der Waals surface area contributed by atoms with Gasteiger partial charge in [0, 0.05) is 23.7 Å². The molecule has 1 amide bonds. The summed E-state index contributed by atoms with van der Waals surface area (Å²) in [5.41, 5.74) is 1.35. The molecule has 0 unspecified atom stereocenters. The fourth-order valence-electron chi connectivity index (χ4n) is 1.87. The van der Waals surface area contributed by atoms with Gasteiger partial charge < -0.3 is 10.1 Å². The van der Waals surface area contributed by atoms with Gasteiger partial charge in [-0.15, -0.1) is 0 Å². The van der Waals surface area contributed by atoms with Crippen molar-refractivity contribution in [2.24, 2.45) is 0 Å². The third-order valence-electron chi connectivity index (χ3n) is 3.06. The molecule has 6 nitrogen and oxygen atoms in total. The van der Waals surface area contributed by atoms with E-state index in [1.54, 1.807) is 12.2 Å². The van der Waals surface area contributed by atoms with Gasteiger partial charge in [-0.3, -0.25) is 10.1 Å². The Bertz CT molecular complexity index is 748. The molecule has 7 heteroatoms. The second kappa shape index (κ2) is 8.69. The molecule has 0 saturated carbocycles. The number of nitro groups is 1. The van der Waals surface area contributed by atoms with E-state index in [9.17, 15) is 14.9 Å². The van der Waals surface area contributed by atoms with E-state index in [1.165, 1.54) is 18.2 Å². The minimum atomic E-state index is -0.548. The quantitative estimate of drug-likeness (QED) is 0.628. The number of rotatable bonds is 6. The molecular weight excluding hydrogens is 332 g/mol. The highest BCUT2D eigenvalue weighted by atomic mass is 35.5. The molecule has 2 rings (SSSR count). The molecule has 2 aromatic rings. The topological polar surface area (TPSA) is 81.5 Å². The van der Waals surface area contributed by atoms with E-state index in [1.807, 2.05) is 30.3 Å². The lowest BCUT2D eigenvalue weighted by Gasteiger charge is -2.05. The molecule has 0 aromatic heterocycles. The number of alkyl carbamates (subject to hydrolysis) is 1. The zero-order valence-electron chi connectivity index (χ0n) is 12.6. The van der Waals surface area contributed by atoms with Crippen molar-refractivity contribution >= 4 is 29.5 Å². The van der Waals surface area contributed by atoms with E-state index < -0.39 is 11.0 Å². The molecule has 0 bridgehead atoms. The van der Waals surface area contributed by atoms with E-state index in [-0.39, 0.29) is 18.8 Å². The molecule has 1 N–H and O–H groups in total. The van der Waals surface area contributed by atoms with Crippen LogP contribution in [-0.2, 0) is 11.3 Å². The fraction of sp³-hybridized carbons (Fsp3) is 0.118. The van der Waals surface area contributed by atoms with E-state index in [2.05, 4.69) is 5.32 Å². The lowest BCUT2D eigenvalue weighted by molar-refractivity contribution is -0.384. The molecule has 0 aliphatic carbocycles. The van der Waals surface area contributed by atoms with Gasteiger partial charge in [0.1, 0.15) is 6.61 Å². The molecule has 2 aromatic carbocycles. The van der Waals surface area contributed by atoms with Crippen molar-refractivity contribution in [1.29, 1.82) is 0 Å². The highest BCUT2D eigenvalue weighted by Gasteiger charge is 2.07. The van der Waals surface area contributed by atoms with Gasteiger partial charge in [0.2, 0.25) is 0 Å². The number of nitrogens with zero attached hydrogens (tertiary/aromatic N) is 1. The monoisotopic (exact) mass is 346 g/mol. The first kappa shape index (κ1) is 17.5. The summed E-state index contributed by atoms with van der Waals surface area (Å²) in [5, 5.41) is 13.7. The van der Waals surface area contributed by atoms with Crippen LogP contribution < -0.4 is 5.32 Å². The van der Waals surface area contributed by atoms with Gasteiger partial charge in [-0.2, -0.15) is 0 Å². The van der Waals surface area contributed by atoms with Gasteiger partial charge in [0.05, 0.1) is 4.92 Å². The van der Waals surface area contributed by atoms with Crippen molar-refractivity contribution in [3.05, 3.63) is 80.9 Å². The van der Waals surface area contributed by atoms with Crippen molar-refractivity contribution in [3.8, 4) is 0 Å². The zero-order chi connectivity index (χ0) is 17.4. The van der Waals surface area contributed by atoms with Crippen LogP contribution in [0.5, 0.6) is 0 Å². The first-order valence-electron chi connectivity index (χ1n) is 7.11. The zero-order valence-corrected chi connectivity index (χ0v) is 13.4. The molecule has 0 saturated heterocycles. The Morgan fingerprint density at radius 3 is 2.71 bits per heavy atom. The van der Waals surface area contributed by atoms with Crippen molar-refractivity contribution in [1.82, 2.24) is 5.32 Å². The van der Waals surface area contributed by atoms with Gasteiger partial charge in [0.25, 0.3) is 5.69 Å². The Kier molecular flexibility index (Phi) is 6.33. The molecule has 0 aliphatic heterocycles. The Balaban J connectivity index is 1.81. The maximum absolute atomic E-state index is 11.6. The van der Waals surface area contributed by atoms with Crippen molar-refractivity contribution in [2.75, 3.05) is 6.54 Å². The number of benzene rings is 2. The van der Waals surface area contributed by atoms with E-state index in [4.69, 9.17) is 16.3 Å². The molecule has 24 heavy (non-hydrogen) atoms. The second-order valence-electron chi connectivity index (χ2n) is 4.81. The summed E-state index contributed by atoms with van der Waals surface area (Å²) in [4.78, 5) is 21.8. The summed E-state index contributed by atoms with van der Waals surface area (Å²) in [6.07, 6.45) is 2.69. The van der Waals surface area contributed by atoms with Crippen LogP contribution in [0.2, 0.25) is 5.02 Å². The van der Waals surface area contributed by atoms with Crippen LogP contribution in [-0.4, -0.2) is 17.6 Å². The summed E-state index contributed by atoms with van der Waals surface area (Å²) < 4.78 is 5.06. The van der Waals surface area contributed by atoms with E-state index >= 15 is 0 Å². The van der Waals surface area contributed by atoms with E-state index in [0.29, 0.717) is 10.6 Å². The molecule has 0 heterocycles. The lowest BCUT2D eigenvalue weighted by Crippen LogP contribution is -2.24. The fourth-order valence-corrected chi connectivity index (χ4v) is 2.06. The van der Waals surface area contributed by atoms with Crippen LogP contribution in [0.1, 0.15) is 11.1 Å². The highest BCUT2D eigenvalue weighted by molar-refractivity contribution is 6.32. The summed E-state index contributed by atoms with van der Waals surface area (Å²) >= 11 is 5.97. The number of nitrogens with one attached hydrogen (secondary N) is 1. The molecule has 0 aliphatic rings. The average Bonchev–Trinajstić information content (AvgIpc) is 2.59. The highest BCUT2D eigenvalue weighted by Crippen LogP contribution is 2.22. The lowest BCUT2D eigenvalue weighted by atomic mass is 10.2. The number of carbonyl (C=O) groups excluding carboxylic acids is 1. The number of hydrogen-bond donors (Lipinski definition) is 1. The Labute approximate surface area is 143 Å². The van der Waals surface area contributed by atoms with Crippen LogP contribution in [0.4, 0.5) is 10.5 Å². The molecule has 0 fully saturated rings. The third-order valence-corrected chi connectivity index (χ3v) is 3.41. The minimum Gasteiger partial charge on any atom is -0.445 e. The molecular formula is C17H15ClN2O4. The average molecular weight is 347 g/mol. The van der Waals surface area contributed by atoms with Gasteiger partial charge in [-0.05, 0) is 17.2 Å². The van der Waals surface area contributed by atoms with Gasteiger partial charge in [-0.1, -0.05) is 54.1 Å². The number of hydrogen-bond acceptors (Lipinski definition) is 4. The van der Waals surface area contributed by atoms with E-state index in [0.717, 1.165) is 5.56 Å². The van der Waals surface area contributed by atoms with Crippen LogP contribution in [0.25, 0.3) is 6.08 Å². The molecule has 0 spiro atoms. The normalized spacial score (nSPS) is 10.5. The predicted molar refractivity (Wildman–Crippen MR) is 91.8 cm³/mol. The number of carbonyl (C=O) groups is 1. The molecule has 124 valence electrons.